The molecule has 2 amide bonds. The van der Waals surface area contributed by atoms with Crippen molar-refractivity contribution in [3.05, 3.63) is 52.0 Å². The molecule has 1 aliphatic heterocycles. The molecule has 0 radical (unpaired) electrons. The van der Waals surface area contributed by atoms with Crippen LogP contribution in [0.25, 0.3) is 0 Å². The van der Waals surface area contributed by atoms with E-state index in [-0.39, 0.29) is 6.79 Å². The van der Waals surface area contributed by atoms with Gasteiger partial charge in [-0.05, 0) is 54.4 Å². The first-order chi connectivity index (χ1) is 12.0. The molecule has 0 fully saturated rings. The first-order valence-corrected chi connectivity index (χ1v) is 8.12. The number of nitrogens with zero attached hydrogens (tertiary/aromatic N) is 1. The fourth-order valence-corrected chi connectivity index (χ4v) is 2.63. The van der Waals surface area contributed by atoms with Gasteiger partial charge in [0, 0.05) is 10.2 Å². The van der Waals surface area contributed by atoms with Gasteiger partial charge in [0.05, 0.1) is 6.21 Å². The van der Waals surface area contributed by atoms with E-state index in [0.717, 1.165) is 10.0 Å². The van der Waals surface area contributed by atoms with Crippen LogP contribution in [-0.4, -0.2) is 24.8 Å². The van der Waals surface area contributed by atoms with E-state index in [1.54, 1.807) is 30.3 Å². The van der Waals surface area contributed by atoms with Gasteiger partial charge < -0.3 is 14.8 Å². The average Bonchev–Trinajstić information content (AvgIpc) is 3.05. The minimum atomic E-state index is -0.862. The Balaban J connectivity index is 1.57. The van der Waals surface area contributed by atoms with Gasteiger partial charge in [-0.1, -0.05) is 15.9 Å². The summed E-state index contributed by atoms with van der Waals surface area (Å²) in [6.07, 6.45) is 1.41. The first kappa shape index (κ1) is 17.0. The van der Waals surface area contributed by atoms with E-state index in [2.05, 4.69) is 31.8 Å². The Labute approximate surface area is 152 Å². The van der Waals surface area contributed by atoms with Gasteiger partial charge in [-0.3, -0.25) is 9.59 Å². The maximum Gasteiger partial charge on any atom is 0.329 e. The van der Waals surface area contributed by atoms with Crippen LogP contribution in [0.2, 0.25) is 0 Å². The molecule has 0 aliphatic carbocycles. The second-order valence-electron chi connectivity index (χ2n) is 5.23. The van der Waals surface area contributed by atoms with E-state index in [0.29, 0.717) is 22.7 Å². The summed E-state index contributed by atoms with van der Waals surface area (Å²) in [6.45, 7) is 2.01. The Morgan fingerprint density at radius 2 is 1.92 bits per heavy atom. The number of fused-ring (bicyclic) bond motifs is 1. The maximum absolute atomic E-state index is 11.9. The Kier molecular flexibility index (Phi) is 4.99. The lowest BCUT2D eigenvalue weighted by Crippen LogP contribution is -2.32. The van der Waals surface area contributed by atoms with E-state index in [1.165, 1.54) is 6.21 Å². The maximum atomic E-state index is 11.9. The number of halogens is 1. The van der Waals surface area contributed by atoms with Gasteiger partial charge >= 0.3 is 11.8 Å². The molecule has 0 spiro atoms. The largest absolute Gasteiger partial charge is 0.454 e. The smallest absolute Gasteiger partial charge is 0.329 e. The normalized spacial score (nSPS) is 12.2. The summed E-state index contributed by atoms with van der Waals surface area (Å²) < 4.78 is 11.4. The molecule has 0 aromatic heterocycles. The van der Waals surface area contributed by atoms with E-state index in [9.17, 15) is 9.59 Å². The lowest BCUT2D eigenvalue weighted by Gasteiger charge is -2.07. The van der Waals surface area contributed by atoms with E-state index < -0.39 is 11.8 Å². The third kappa shape index (κ3) is 4.16. The molecule has 1 heterocycles. The van der Waals surface area contributed by atoms with Gasteiger partial charge in [0.1, 0.15) is 0 Å². The summed E-state index contributed by atoms with van der Waals surface area (Å²) in [5, 5.41) is 6.31. The Bertz CT molecular complexity index is 867. The minimum absolute atomic E-state index is 0.183. The van der Waals surface area contributed by atoms with Crippen LogP contribution < -0.4 is 20.2 Å². The van der Waals surface area contributed by atoms with Crippen molar-refractivity contribution in [3.63, 3.8) is 0 Å². The molecule has 1 aliphatic rings. The van der Waals surface area contributed by atoms with Gasteiger partial charge in [0.2, 0.25) is 6.79 Å². The molecule has 0 atom stereocenters. The highest BCUT2D eigenvalue weighted by Crippen LogP contribution is 2.31. The molecule has 25 heavy (non-hydrogen) atoms. The van der Waals surface area contributed by atoms with Gasteiger partial charge in [-0.15, -0.1) is 0 Å². The molecule has 2 aromatic rings. The second kappa shape index (κ2) is 7.35. The van der Waals surface area contributed by atoms with Crippen molar-refractivity contribution in [1.29, 1.82) is 0 Å². The number of aryl methyl sites for hydroxylation is 1. The summed E-state index contributed by atoms with van der Waals surface area (Å²) in [4.78, 5) is 23.7. The topological polar surface area (TPSA) is 89.0 Å². The second-order valence-corrected chi connectivity index (χ2v) is 6.14. The van der Waals surface area contributed by atoms with Crippen molar-refractivity contribution in [1.82, 2.24) is 5.43 Å². The summed E-state index contributed by atoms with van der Waals surface area (Å²) in [5.41, 5.74) is 4.28. The Morgan fingerprint density at radius 3 is 2.72 bits per heavy atom. The van der Waals surface area contributed by atoms with Crippen LogP contribution >= 0.6 is 15.9 Å². The summed E-state index contributed by atoms with van der Waals surface area (Å²) >= 11 is 3.34. The van der Waals surface area contributed by atoms with Crippen molar-refractivity contribution < 1.29 is 19.1 Å². The van der Waals surface area contributed by atoms with Crippen LogP contribution in [0.4, 0.5) is 5.69 Å². The molecular formula is C17H14BrN3O4. The lowest BCUT2D eigenvalue weighted by molar-refractivity contribution is -0.136. The van der Waals surface area contributed by atoms with Crippen LogP contribution in [0.3, 0.4) is 0 Å². The molecule has 2 aromatic carbocycles. The van der Waals surface area contributed by atoms with Gasteiger partial charge in [-0.25, -0.2) is 5.43 Å². The number of hydrazone groups is 1. The van der Waals surface area contributed by atoms with Crippen LogP contribution in [0.5, 0.6) is 11.5 Å². The highest BCUT2D eigenvalue weighted by molar-refractivity contribution is 9.10. The third-order valence-electron chi connectivity index (χ3n) is 3.42. The molecule has 0 unspecified atom stereocenters. The molecule has 128 valence electrons. The highest BCUT2D eigenvalue weighted by Gasteiger charge is 2.15. The number of benzene rings is 2. The number of amides is 2. The fraction of sp³-hybridized carbons (Fsp3) is 0.118. The number of carbonyl (C=O) groups is 2. The highest BCUT2D eigenvalue weighted by atomic mass is 79.9. The zero-order valence-electron chi connectivity index (χ0n) is 13.2. The van der Waals surface area contributed by atoms with Crippen molar-refractivity contribution >= 4 is 39.6 Å². The van der Waals surface area contributed by atoms with E-state index >= 15 is 0 Å². The van der Waals surface area contributed by atoms with Crippen molar-refractivity contribution in [3.8, 4) is 11.5 Å². The third-order valence-corrected chi connectivity index (χ3v) is 3.91. The lowest BCUT2D eigenvalue weighted by atomic mass is 10.2. The predicted molar refractivity (Wildman–Crippen MR) is 95.8 cm³/mol. The zero-order chi connectivity index (χ0) is 17.8. The molecule has 0 saturated heterocycles. The minimum Gasteiger partial charge on any atom is -0.454 e. The summed E-state index contributed by atoms with van der Waals surface area (Å²) in [7, 11) is 0. The van der Waals surface area contributed by atoms with Crippen LogP contribution in [0.15, 0.2) is 46.0 Å². The molecule has 8 heteroatoms. The standard InChI is InChI=1S/C17H14BrN3O4/c1-10-6-12(18)3-4-13(10)20-16(22)17(23)21-19-8-11-2-5-14-15(7-11)25-9-24-14/h2-8H,9H2,1H3,(H,20,22)(H,21,23). The Morgan fingerprint density at radius 1 is 1.12 bits per heavy atom. The SMILES string of the molecule is Cc1cc(Br)ccc1NC(=O)C(=O)NN=Cc1ccc2c(c1)OCO2. The molecule has 0 bridgehead atoms. The molecule has 0 saturated carbocycles. The monoisotopic (exact) mass is 403 g/mol. The predicted octanol–water partition coefficient (Wildman–Crippen LogP) is 2.58. The van der Waals surface area contributed by atoms with Crippen LogP contribution in [0, 0.1) is 6.92 Å². The molecule has 7 nitrogen and oxygen atoms in total. The number of ether oxygens (including phenoxy) is 2. The van der Waals surface area contributed by atoms with Gasteiger partial charge in [0.15, 0.2) is 11.5 Å². The van der Waals surface area contributed by atoms with Crippen LogP contribution in [0.1, 0.15) is 11.1 Å². The van der Waals surface area contributed by atoms with Crippen molar-refractivity contribution in [2.45, 2.75) is 6.92 Å². The number of rotatable bonds is 3. The van der Waals surface area contributed by atoms with Gasteiger partial charge in [0.25, 0.3) is 0 Å². The Hall–Kier alpha value is -2.87. The number of hydrogen-bond acceptors (Lipinski definition) is 5. The first-order valence-electron chi connectivity index (χ1n) is 7.33. The quantitative estimate of drug-likeness (QED) is 0.468. The fourth-order valence-electron chi connectivity index (χ4n) is 2.16. The number of carbonyl (C=O) groups excluding carboxylic acids is 2. The zero-order valence-corrected chi connectivity index (χ0v) is 14.8. The summed E-state index contributed by atoms with van der Waals surface area (Å²) in [6, 6.07) is 10.6. The van der Waals surface area contributed by atoms with E-state index in [1.807, 2.05) is 13.0 Å². The summed E-state index contributed by atoms with van der Waals surface area (Å²) in [5.74, 6) is -0.392. The molecule has 3 rings (SSSR count). The number of anilines is 1. The van der Waals surface area contributed by atoms with Crippen molar-refractivity contribution in [2.75, 3.05) is 12.1 Å². The van der Waals surface area contributed by atoms with Gasteiger partial charge in [-0.2, -0.15) is 5.10 Å². The number of hydrogen-bond donors (Lipinski definition) is 2. The number of nitrogens with one attached hydrogen (secondary N) is 2. The molecule has 2 N–H and O–H groups in total. The van der Waals surface area contributed by atoms with Crippen molar-refractivity contribution in [2.24, 2.45) is 5.10 Å². The van der Waals surface area contributed by atoms with E-state index in [4.69, 9.17) is 9.47 Å². The molecular weight excluding hydrogens is 390 g/mol. The average molecular weight is 404 g/mol. The van der Waals surface area contributed by atoms with Crippen LogP contribution in [-0.2, 0) is 9.59 Å².